The summed E-state index contributed by atoms with van der Waals surface area (Å²) in [6.07, 6.45) is 0. The Bertz CT molecular complexity index is 1260. The Morgan fingerprint density at radius 3 is 2.61 bits per heavy atom. The van der Waals surface area contributed by atoms with Crippen LogP contribution in [-0.4, -0.2) is 22.5 Å². The van der Waals surface area contributed by atoms with E-state index in [1.807, 2.05) is 30.3 Å². The number of nitrogen functional groups attached to an aromatic ring is 1. The van der Waals surface area contributed by atoms with E-state index in [1.165, 1.54) is 0 Å². The van der Waals surface area contributed by atoms with Crippen LogP contribution in [0.4, 0.5) is 11.6 Å². The van der Waals surface area contributed by atoms with E-state index in [-0.39, 0.29) is 11.4 Å². The molecule has 0 amide bonds. The van der Waals surface area contributed by atoms with Gasteiger partial charge in [-0.1, -0.05) is 59.6 Å². The van der Waals surface area contributed by atoms with E-state index in [9.17, 15) is 4.79 Å². The number of esters is 1. The second kappa shape index (κ2) is 8.70. The number of rotatable bonds is 4. The minimum atomic E-state index is -0.611. The van der Waals surface area contributed by atoms with Gasteiger partial charge in [-0.3, -0.25) is 0 Å². The second-order valence-electron chi connectivity index (χ2n) is 6.82. The van der Waals surface area contributed by atoms with E-state index in [0.717, 1.165) is 5.56 Å². The van der Waals surface area contributed by atoms with Crippen molar-refractivity contribution in [2.24, 2.45) is 0 Å². The lowest BCUT2D eigenvalue weighted by atomic mass is 9.80. The summed E-state index contributed by atoms with van der Waals surface area (Å²) in [5, 5.41) is 4.02. The third-order valence-electron chi connectivity index (χ3n) is 4.93. The first-order valence-corrected chi connectivity index (χ1v) is 10.7. The molecule has 0 bridgehead atoms. The number of carbonyl (C=O) groups is 1. The van der Waals surface area contributed by atoms with E-state index < -0.39 is 11.9 Å². The Balaban J connectivity index is 2.07. The number of benzene rings is 2. The number of nitrogens with zero attached hydrogens (tertiary/aromatic N) is 1. The molecule has 4 N–H and O–H groups in total. The maximum absolute atomic E-state index is 13.2. The summed E-state index contributed by atoms with van der Waals surface area (Å²) < 4.78 is 5.66. The molecule has 9 heteroatoms. The molecular formula is C22H18Cl2N4O2S. The average molecular weight is 473 g/mol. The molecule has 158 valence electrons. The predicted octanol–water partition coefficient (Wildman–Crippen LogP) is 5.56. The van der Waals surface area contributed by atoms with Gasteiger partial charge < -0.3 is 20.8 Å². The zero-order valence-electron chi connectivity index (χ0n) is 16.4. The Kier molecular flexibility index (Phi) is 6.00. The number of carbonyl (C=O) groups excluding carboxylic acids is 1. The number of aromatic amines is 1. The molecule has 2 aromatic carbocycles. The van der Waals surface area contributed by atoms with E-state index >= 15 is 0 Å². The van der Waals surface area contributed by atoms with Gasteiger partial charge in [0.05, 0.1) is 33.8 Å². The molecule has 1 aromatic heterocycles. The van der Waals surface area contributed by atoms with Crippen molar-refractivity contribution in [3.63, 3.8) is 0 Å². The molecule has 1 unspecified atom stereocenters. The minimum Gasteiger partial charge on any atom is -0.463 e. The zero-order valence-corrected chi connectivity index (χ0v) is 18.7. The van der Waals surface area contributed by atoms with Crippen molar-refractivity contribution >= 4 is 58.7 Å². The first kappa shape index (κ1) is 21.4. The molecule has 0 aliphatic carbocycles. The maximum Gasteiger partial charge on any atom is 0.337 e. The molecule has 4 rings (SSSR count). The molecule has 0 radical (unpaired) electrons. The number of anilines is 2. The highest BCUT2D eigenvalue weighted by Crippen LogP contribution is 2.46. The first-order valence-electron chi connectivity index (χ1n) is 9.49. The van der Waals surface area contributed by atoms with Gasteiger partial charge in [-0.25, -0.2) is 9.78 Å². The normalized spacial score (nSPS) is 15.3. The van der Waals surface area contributed by atoms with Gasteiger partial charge in [0.1, 0.15) is 11.6 Å². The molecule has 31 heavy (non-hydrogen) atoms. The van der Waals surface area contributed by atoms with Crippen LogP contribution < -0.4 is 11.1 Å². The molecule has 3 aromatic rings. The van der Waals surface area contributed by atoms with Crippen LogP contribution in [0.15, 0.2) is 54.1 Å². The number of aromatic nitrogens is 2. The van der Waals surface area contributed by atoms with Crippen molar-refractivity contribution in [2.45, 2.75) is 12.8 Å². The number of nitrogens with two attached hydrogens (primary N) is 1. The molecule has 0 saturated carbocycles. The SMILES string of the molecule is CCOC(=O)C1=C(c2ccccc2)Nc2nc(=S)[nH]c(N)c2C1c1ccc(Cl)c(Cl)c1. The van der Waals surface area contributed by atoms with Crippen LogP contribution in [0, 0.1) is 4.77 Å². The highest BCUT2D eigenvalue weighted by Gasteiger charge is 2.37. The van der Waals surface area contributed by atoms with Crippen LogP contribution in [0.3, 0.4) is 0 Å². The van der Waals surface area contributed by atoms with Crippen LogP contribution in [0.1, 0.15) is 29.5 Å². The first-order chi connectivity index (χ1) is 14.9. The van der Waals surface area contributed by atoms with E-state index in [2.05, 4.69) is 15.3 Å². The fourth-order valence-corrected chi connectivity index (χ4v) is 4.16. The lowest BCUT2D eigenvalue weighted by Crippen LogP contribution is -2.27. The molecule has 0 saturated heterocycles. The number of ether oxygens (including phenoxy) is 1. The Morgan fingerprint density at radius 1 is 1.19 bits per heavy atom. The summed E-state index contributed by atoms with van der Waals surface area (Å²) in [6, 6.07) is 14.7. The topological polar surface area (TPSA) is 93.0 Å². The molecule has 6 nitrogen and oxygen atoms in total. The summed E-state index contributed by atoms with van der Waals surface area (Å²) in [5.74, 6) is -0.325. The fraction of sp³-hybridized carbons (Fsp3) is 0.136. The third-order valence-corrected chi connectivity index (χ3v) is 5.86. The van der Waals surface area contributed by atoms with Crippen LogP contribution in [0.5, 0.6) is 0 Å². The third kappa shape index (κ3) is 4.04. The largest absolute Gasteiger partial charge is 0.463 e. The summed E-state index contributed by atoms with van der Waals surface area (Å²) >= 11 is 17.7. The standard InChI is InChI=1S/C22H18Cl2N4O2S/c1-2-30-21(29)16-15(12-8-9-13(23)14(24)10-12)17-19(25)27-22(31)28-20(17)26-18(16)11-6-4-3-5-7-11/h3-10,15H,2H2,1H3,(H4,25,26,27,28,31). The number of hydrogen-bond donors (Lipinski definition) is 3. The Labute approximate surface area is 194 Å². The minimum absolute atomic E-state index is 0.219. The molecule has 1 aliphatic heterocycles. The number of halogens is 2. The molecular weight excluding hydrogens is 455 g/mol. The highest BCUT2D eigenvalue weighted by molar-refractivity contribution is 7.71. The van der Waals surface area contributed by atoms with Gasteiger partial charge in [0.2, 0.25) is 0 Å². The number of nitrogens with one attached hydrogen (secondary N) is 2. The summed E-state index contributed by atoms with van der Waals surface area (Å²) in [4.78, 5) is 20.5. The number of hydrogen-bond acceptors (Lipinski definition) is 6. The van der Waals surface area contributed by atoms with Gasteiger partial charge >= 0.3 is 5.97 Å². The fourth-order valence-electron chi connectivity index (χ4n) is 3.65. The molecule has 0 fully saturated rings. The van der Waals surface area contributed by atoms with Crippen LogP contribution in [0.2, 0.25) is 10.0 Å². The van der Waals surface area contributed by atoms with Gasteiger partial charge in [0.15, 0.2) is 4.77 Å². The van der Waals surface area contributed by atoms with Crippen LogP contribution >= 0.6 is 35.4 Å². The van der Waals surface area contributed by atoms with Crippen LogP contribution in [0.25, 0.3) is 5.70 Å². The molecule has 0 spiro atoms. The number of fused-ring (bicyclic) bond motifs is 1. The van der Waals surface area contributed by atoms with E-state index in [0.29, 0.717) is 44.1 Å². The maximum atomic E-state index is 13.2. The molecule has 2 heterocycles. The second-order valence-corrected chi connectivity index (χ2v) is 8.03. The molecule has 1 aliphatic rings. The summed E-state index contributed by atoms with van der Waals surface area (Å²) in [7, 11) is 0. The van der Waals surface area contributed by atoms with Gasteiger partial charge in [0.25, 0.3) is 0 Å². The molecule has 1 atom stereocenters. The van der Waals surface area contributed by atoms with E-state index in [4.69, 9.17) is 45.9 Å². The quantitative estimate of drug-likeness (QED) is 0.339. The van der Waals surface area contributed by atoms with Crippen molar-refractivity contribution < 1.29 is 9.53 Å². The van der Waals surface area contributed by atoms with Crippen molar-refractivity contribution in [2.75, 3.05) is 17.7 Å². The zero-order chi connectivity index (χ0) is 22.1. The average Bonchev–Trinajstić information content (AvgIpc) is 2.75. The van der Waals surface area contributed by atoms with Gasteiger partial charge in [-0.15, -0.1) is 0 Å². The Hall–Kier alpha value is -2.87. The smallest absolute Gasteiger partial charge is 0.337 e. The predicted molar refractivity (Wildman–Crippen MR) is 126 cm³/mol. The Morgan fingerprint density at radius 2 is 1.94 bits per heavy atom. The van der Waals surface area contributed by atoms with Gasteiger partial charge in [-0.05, 0) is 42.4 Å². The van der Waals surface area contributed by atoms with Crippen molar-refractivity contribution in [3.05, 3.63) is 85.6 Å². The summed E-state index contributed by atoms with van der Waals surface area (Å²) in [5.41, 5.74) is 9.36. The van der Waals surface area contributed by atoms with Gasteiger partial charge in [0, 0.05) is 5.56 Å². The monoisotopic (exact) mass is 472 g/mol. The van der Waals surface area contributed by atoms with Crippen LogP contribution in [-0.2, 0) is 9.53 Å². The summed E-state index contributed by atoms with van der Waals surface area (Å²) in [6.45, 7) is 1.97. The van der Waals surface area contributed by atoms with E-state index in [1.54, 1.807) is 25.1 Å². The number of H-pyrrole nitrogens is 1. The lowest BCUT2D eigenvalue weighted by Gasteiger charge is -2.31. The lowest BCUT2D eigenvalue weighted by molar-refractivity contribution is -0.138. The highest BCUT2D eigenvalue weighted by atomic mass is 35.5. The van der Waals surface area contributed by atoms with Crippen molar-refractivity contribution in [3.8, 4) is 0 Å². The van der Waals surface area contributed by atoms with Crippen molar-refractivity contribution in [1.29, 1.82) is 0 Å². The van der Waals surface area contributed by atoms with Gasteiger partial charge in [-0.2, -0.15) is 0 Å². The van der Waals surface area contributed by atoms with Crippen molar-refractivity contribution in [1.82, 2.24) is 9.97 Å².